The van der Waals surface area contributed by atoms with Crippen molar-refractivity contribution in [3.63, 3.8) is 0 Å². The summed E-state index contributed by atoms with van der Waals surface area (Å²) in [6.07, 6.45) is 3.03. The minimum absolute atomic E-state index is 0.105. The summed E-state index contributed by atoms with van der Waals surface area (Å²) in [4.78, 5) is 4.33. The zero-order valence-electron chi connectivity index (χ0n) is 11.6. The fraction of sp³-hybridized carbons (Fsp3) is 0.615. The molecular weight excluding hydrogens is 278 g/mol. The first kappa shape index (κ1) is 15.2. The van der Waals surface area contributed by atoms with E-state index in [0.717, 1.165) is 6.42 Å². The fourth-order valence-corrected chi connectivity index (χ4v) is 4.12. The van der Waals surface area contributed by atoms with Crippen LogP contribution in [0.3, 0.4) is 0 Å². The van der Waals surface area contributed by atoms with Gasteiger partial charge in [0.05, 0.1) is 0 Å². The molecule has 0 spiro atoms. The molecule has 0 bridgehead atoms. The summed E-state index contributed by atoms with van der Waals surface area (Å²) in [6.45, 7) is 3.61. The molecule has 20 heavy (non-hydrogen) atoms. The number of rotatable bonds is 6. The van der Waals surface area contributed by atoms with Gasteiger partial charge < -0.3 is 10.4 Å². The molecule has 0 saturated carbocycles. The molecule has 1 aliphatic rings. The van der Waals surface area contributed by atoms with E-state index in [0.29, 0.717) is 31.9 Å². The Kier molecular flexibility index (Phi) is 4.95. The van der Waals surface area contributed by atoms with Crippen molar-refractivity contribution in [1.29, 1.82) is 0 Å². The third-order valence-corrected chi connectivity index (χ3v) is 5.42. The fourth-order valence-electron chi connectivity index (χ4n) is 2.47. The van der Waals surface area contributed by atoms with Crippen molar-refractivity contribution >= 4 is 15.8 Å². The highest BCUT2D eigenvalue weighted by atomic mass is 32.2. The molecule has 1 aromatic heterocycles. The molecule has 1 aromatic rings. The number of hydrogen-bond acceptors (Lipinski definition) is 5. The van der Waals surface area contributed by atoms with Gasteiger partial charge in [0, 0.05) is 32.4 Å². The number of anilines is 1. The van der Waals surface area contributed by atoms with Crippen LogP contribution >= 0.6 is 0 Å². The lowest BCUT2D eigenvalue weighted by Gasteiger charge is -2.18. The van der Waals surface area contributed by atoms with Crippen molar-refractivity contribution in [2.75, 3.05) is 31.6 Å². The monoisotopic (exact) mass is 299 g/mol. The summed E-state index contributed by atoms with van der Waals surface area (Å²) in [7, 11) is -3.52. The quantitative estimate of drug-likeness (QED) is 0.816. The van der Waals surface area contributed by atoms with Crippen LogP contribution in [0.15, 0.2) is 23.2 Å². The second kappa shape index (κ2) is 6.51. The van der Waals surface area contributed by atoms with E-state index in [1.807, 2.05) is 6.92 Å². The molecule has 2 N–H and O–H groups in total. The van der Waals surface area contributed by atoms with Crippen molar-refractivity contribution < 1.29 is 13.5 Å². The highest BCUT2D eigenvalue weighted by molar-refractivity contribution is 7.89. The van der Waals surface area contributed by atoms with Crippen LogP contribution in [0, 0.1) is 5.92 Å². The molecule has 1 fully saturated rings. The SMILES string of the molecule is CCNc1ncccc1S(=O)(=O)N1CCC(CCO)C1. The van der Waals surface area contributed by atoms with E-state index in [1.165, 1.54) is 4.31 Å². The molecule has 0 radical (unpaired) electrons. The Labute approximate surface area is 119 Å². The number of pyridine rings is 1. The van der Waals surface area contributed by atoms with Gasteiger partial charge >= 0.3 is 0 Å². The summed E-state index contributed by atoms with van der Waals surface area (Å²) < 4.78 is 26.8. The van der Waals surface area contributed by atoms with Crippen molar-refractivity contribution in [3.8, 4) is 0 Å². The van der Waals surface area contributed by atoms with Gasteiger partial charge in [0.1, 0.15) is 10.7 Å². The molecule has 112 valence electrons. The van der Waals surface area contributed by atoms with Crippen LogP contribution in [-0.4, -0.2) is 49.1 Å². The number of sulfonamides is 1. The van der Waals surface area contributed by atoms with E-state index in [1.54, 1.807) is 18.3 Å². The van der Waals surface area contributed by atoms with Crippen molar-refractivity contribution in [2.45, 2.75) is 24.7 Å². The summed E-state index contributed by atoms with van der Waals surface area (Å²) in [6, 6.07) is 3.22. The van der Waals surface area contributed by atoms with Crippen LogP contribution in [0.1, 0.15) is 19.8 Å². The molecule has 1 saturated heterocycles. The Morgan fingerprint density at radius 3 is 3.05 bits per heavy atom. The van der Waals surface area contributed by atoms with Crippen LogP contribution in [0.25, 0.3) is 0 Å². The zero-order chi connectivity index (χ0) is 14.6. The van der Waals surface area contributed by atoms with Gasteiger partial charge in [-0.25, -0.2) is 13.4 Å². The highest BCUT2D eigenvalue weighted by Crippen LogP contribution is 2.28. The Hall–Kier alpha value is -1.18. The first-order chi connectivity index (χ1) is 9.59. The predicted molar refractivity (Wildman–Crippen MR) is 77.0 cm³/mol. The van der Waals surface area contributed by atoms with Gasteiger partial charge in [0.15, 0.2) is 0 Å². The summed E-state index contributed by atoms with van der Waals surface area (Å²) in [5, 5.41) is 11.9. The van der Waals surface area contributed by atoms with E-state index >= 15 is 0 Å². The molecule has 0 aliphatic carbocycles. The second-order valence-electron chi connectivity index (χ2n) is 4.91. The maximum absolute atomic E-state index is 12.7. The third kappa shape index (κ3) is 3.11. The van der Waals surface area contributed by atoms with Crippen molar-refractivity contribution in [2.24, 2.45) is 5.92 Å². The minimum Gasteiger partial charge on any atom is -0.396 e. The Bertz CT molecular complexity index is 548. The van der Waals surface area contributed by atoms with E-state index < -0.39 is 10.0 Å². The van der Waals surface area contributed by atoms with E-state index in [2.05, 4.69) is 10.3 Å². The lowest BCUT2D eigenvalue weighted by atomic mass is 10.1. The molecule has 2 rings (SSSR count). The Morgan fingerprint density at radius 2 is 2.35 bits per heavy atom. The standard InChI is InChI=1S/C13H21N3O3S/c1-2-14-13-12(4-3-7-15-13)20(18,19)16-8-5-11(10-16)6-9-17/h3-4,7,11,17H,2,5-6,8-10H2,1H3,(H,14,15). The second-order valence-corrected chi connectivity index (χ2v) is 6.82. The molecule has 0 amide bonds. The number of aliphatic hydroxyl groups is 1. The third-order valence-electron chi connectivity index (χ3n) is 3.52. The summed E-state index contributed by atoms with van der Waals surface area (Å²) in [5.74, 6) is 0.648. The molecule has 1 unspecified atom stereocenters. The van der Waals surface area contributed by atoms with Crippen molar-refractivity contribution in [3.05, 3.63) is 18.3 Å². The average molecular weight is 299 g/mol. The van der Waals surface area contributed by atoms with Gasteiger partial charge in [-0.05, 0) is 37.8 Å². The summed E-state index contributed by atoms with van der Waals surface area (Å²) in [5.41, 5.74) is 0. The molecule has 7 heteroatoms. The molecule has 1 atom stereocenters. The smallest absolute Gasteiger partial charge is 0.246 e. The highest BCUT2D eigenvalue weighted by Gasteiger charge is 2.33. The molecule has 6 nitrogen and oxygen atoms in total. The number of hydrogen-bond donors (Lipinski definition) is 2. The van der Waals surface area contributed by atoms with Crippen molar-refractivity contribution in [1.82, 2.24) is 9.29 Å². The number of nitrogens with one attached hydrogen (secondary N) is 1. The van der Waals surface area contributed by atoms with E-state index in [4.69, 9.17) is 5.11 Å². The first-order valence-corrected chi connectivity index (χ1v) is 8.33. The van der Waals surface area contributed by atoms with Gasteiger partial charge in [-0.3, -0.25) is 0 Å². The molecular formula is C13H21N3O3S. The van der Waals surface area contributed by atoms with Gasteiger partial charge in [-0.1, -0.05) is 0 Å². The molecule has 0 aromatic carbocycles. The largest absolute Gasteiger partial charge is 0.396 e. The van der Waals surface area contributed by atoms with Crippen LogP contribution in [-0.2, 0) is 10.0 Å². The maximum Gasteiger partial charge on any atom is 0.246 e. The molecule has 1 aliphatic heterocycles. The lowest BCUT2D eigenvalue weighted by Crippen LogP contribution is -2.29. The van der Waals surface area contributed by atoms with Crippen LogP contribution < -0.4 is 5.32 Å². The maximum atomic E-state index is 12.7. The molecule has 2 heterocycles. The topological polar surface area (TPSA) is 82.5 Å². The van der Waals surface area contributed by atoms with Gasteiger partial charge in [0.25, 0.3) is 0 Å². The Balaban J connectivity index is 2.23. The number of nitrogens with zero attached hydrogens (tertiary/aromatic N) is 2. The minimum atomic E-state index is -3.52. The first-order valence-electron chi connectivity index (χ1n) is 6.89. The van der Waals surface area contributed by atoms with Crippen LogP contribution in [0.5, 0.6) is 0 Å². The zero-order valence-corrected chi connectivity index (χ0v) is 12.4. The Morgan fingerprint density at radius 1 is 1.55 bits per heavy atom. The normalized spacial score (nSPS) is 20.2. The van der Waals surface area contributed by atoms with Crippen LogP contribution in [0.2, 0.25) is 0 Å². The average Bonchev–Trinajstić information content (AvgIpc) is 2.89. The van der Waals surface area contributed by atoms with Gasteiger partial charge in [-0.15, -0.1) is 0 Å². The van der Waals surface area contributed by atoms with Crippen LogP contribution in [0.4, 0.5) is 5.82 Å². The lowest BCUT2D eigenvalue weighted by molar-refractivity contribution is 0.259. The predicted octanol–water partition coefficient (Wildman–Crippen LogP) is 0.906. The summed E-state index contributed by atoms with van der Waals surface area (Å²) >= 11 is 0. The van der Waals surface area contributed by atoms with Gasteiger partial charge in [0.2, 0.25) is 10.0 Å². The van der Waals surface area contributed by atoms with E-state index in [-0.39, 0.29) is 17.4 Å². The number of aliphatic hydroxyl groups excluding tert-OH is 1. The number of aromatic nitrogens is 1. The van der Waals surface area contributed by atoms with E-state index in [9.17, 15) is 8.42 Å². The van der Waals surface area contributed by atoms with Gasteiger partial charge in [-0.2, -0.15) is 4.31 Å².